The fraction of sp³-hybridized carbons (Fsp3) is 0.286. The van der Waals surface area contributed by atoms with E-state index in [4.69, 9.17) is 4.74 Å². The minimum Gasteiger partial charge on any atom is -0.497 e. The van der Waals surface area contributed by atoms with E-state index in [-0.39, 0.29) is 23.4 Å². The molecule has 1 spiro atoms. The molecule has 0 radical (unpaired) electrons. The monoisotopic (exact) mass is 483 g/mol. The maximum absolute atomic E-state index is 14.4. The number of nitro benzene ring substituents is 1. The average Bonchev–Trinajstić information content (AvgIpc) is 3.57. The predicted molar refractivity (Wildman–Crippen MR) is 133 cm³/mol. The third kappa shape index (κ3) is 3.04. The number of rotatable bonds is 5. The molecule has 2 saturated heterocycles. The molecule has 0 aromatic heterocycles. The van der Waals surface area contributed by atoms with Crippen molar-refractivity contribution >= 4 is 23.1 Å². The van der Waals surface area contributed by atoms with Crippen LogP contribution in [0.3, 0.4) is 0 Å². The number of nitro groups is 1. The third-order valence-corrected chi connectivity index (χ3v) is 8.01. The molecule has 6 rings (SSSR count). The van der Waals surface area contributed by atoms with Gasteiger partial charge in [-0.2, -0.15) is 0 Å². The van der Waals surface area contributed by atoms with Crippen LogP contribution in [-0.2, 0) is 10.3 Å². The van der Waals surface area contributed by atoms with Crippen LogP contribution in [0.25, 0.3) is 0 Å². The van der Waals surface area contributed by atoms with Gasteiger partial charge in [-0.1, -0.05) is 42.5 Å². The summed E-state index contributed by atoms with van der Waals surface area (Å²) < 4.78 is 5.51. The second-order valence-corrected chi connectivity index (χ2v) is 9.62. The molecule has 8 nitrogen and oxygen atoms in total. The minimum absolute atomic E-state index is 0.0261. The fourth-order valence-corrected chi connectivity index (χ4v) is 6.67. The molecule has 3 heterocycles. The Balaban J connectivity index is 1.63. The highest BCUT2D eigenvalue weighted by molar-refractivity contribution is 6.12. The predicted octanol–water partition coefficient (Wildman–Crippen LogP) is 4.51. The molecule has 0 bridgehead atoms. The molecule has 182 valence electrons. The first-order valence-corrected chi connectivity index (χ1v) is 12.1. The zero-order chi connectivity index (χ0) is 25.0. The van der Waals surface area contributed by atoms with Gasteiger partial charge in [0.05, 0.1) is 18.0 Å². The first-order chi connectivity index (χ1) is 17.5. The summed E-state index contributed by atoms with van der Waals surface area (Å²) in [6, 6.07) is 20.9. The zero-order valence-corrected chi connectivity index (χ0v) is 19.7. The van der Waals surface area contributed by atoms with Crippen molar-refractivity contribution in [3.63, 3.8) is 0 Å². The summed E-state index contributed by atoms with van der Waals surface area (Å²) >= 11 is 0. The smallest absolute Gasteiger partial charge is 0.269 e. The van der Waals surface area contributed by atoms with Gasteiger partial charge in [0.25, 0.3) is 5.69 Å². The summed E-state index contributed by atoms with van der Waals surface area (Å²) in [5.74, 6) is -0.958. The van der Waals surface area contributed by atoms with Crippen LogP contribution in [0.5, 0.6) is 5.75 Å². The number of hydrogen-bond acceptors (Lipinski definition) is 6. The van der Waals surface area contributed by atoms with E-state index in [1.807, 2.05) is 36.4 Å². The highest BCUT2D eigenvalue weighted by Crippen LogP contribution is 2.61. The number of carbonyl (C=O) groups excluding carboxylic acids is 2. The van der Waals surface area contributed by atoms with Crippen molar-refractivity contribution in [2.24, 2.45) is 5.92 Å². The number of fused-ring (bicyclic) bond motifs is 4. The van der Waals surface area contributed by atoms with Crippen LogP contribution in [0.2, 0.25) is 0 Å². The van der Waals surface area contributed by atoms with Gasteiger partial charge in [-0.25, -0.2) is 0 Å². The van der Waals surface area contributed by atoms with Crippen molar-refractivity contribution in [3.05, 3.63) is 99.6 Å². The number of nitrogens with zero attached hydrogens (tertiary/aromatic N) is 2. The van der Waals surface area contributed by atoms with Crippen LogP contribution < -0.4 is 10.1 Å². The first kappa shape index (κ1) is 22.4. The Bertz CT molecular complexity index is 1390. The maximum atomic E-state index is 14.4. The van der Waals surface area contributed by atoms with Gasteiger partial charge in [0.1, 0.15) is 11.3 Å². The van der Waals surface area contributed by atoms with Crippen molar-refractivity contribution in [1.82, 2.24) is 4.90 Å². The molecule has 0 saturated carbocycles. The Hall–Kier alpha value is -4.04. The Morgan fingerprint density at radius 3 is 2.67 bits per heavy atom. The van der Waals surface area contributed by atoms with Crippen LogP contribution in [0.4, 0.5) is 11.4 Å². The fourth-order valence-electron chi connectivity index (χ4n) is 6.67. The second-order valence-electron chi connectivity index (χ2n) is 9.62. The molecule has 2 fully saturated rings. The highest BCUT2D eigenvalue weighted by Gasteiger charge is 2.69. The van der Waals surface area contributed by atoms with Crippen LogP contribution in [-0.4, -0.2) is 41.2 Å². The molecular formula is C28H25N3O5. The Labute approximate surface area is 208 Å². The van der Waals surface area contributed by atoms with Gasteiger partial charge in [0.2, 0.25) is 5.91 Å². The van der Waals surface area contributed by atoms with Gasteiger partial charge in [-0.05, 0) is 43.1 Å². The summed E-state index contributed by atoms with van der Waals surface area (Å²) in [4.78, 5) is 41.8. The SMILES string of the molecule is COc1ccc2c(c1)[C@]1(C(=O)N2)C(C(=O)c2ccccc2)C(c2cccc([N+](=O)[O-])c2)C2CCCN21. The minimum atomic E-state index is -1.24. The lowest BCUT2D eigenvalue weighted by Gasteiger charge is -2.37. The summed E-state index contributed by atoms with van der Waals surface area (Å²) in [6.45, 7) is 0.652. The number of anilines is 1. The zero-order valence-electron chi connectivity index (χ0n) is 19.7. The van der Waals surface area contributed by atoms with Gasteiger partial charge >= 0.3 is 0 Å². The van der Waals surface area contributed by atoms with Gasteiger partial charge in [-0.15, -0.1) is 0 Å². The molecule has 3 unspecified atom stereocenters. The van der Waals surface area contributed by atoms with E-state index in [9.17, 15) is 19.7 Å². The topological polar surface area (TPSA) is 102 Å². The number of methoxy groups -OCH3 is 1. The number of benzene rings is 3. The molecule has 3 aromatic carbocycles. The number of ether oxygens (including phenoxy) is 1. The second kappa shape index (κ2) is 8.27. The van der Waals surface area contributed by atoms with Crippen LogP contribution in [0.1, 0.15) is 40.2 Å². The molecule has 4 atom stereocenters. The Morgan fingerprint density at radius 1 is 1.11 bits per heavy atom. The summed E-state index contributed by atoms with van der Waals surface area (Å²) in [5, 5.41) is 14.7. The molecule has 3 aliphatic rings. The van der Waals surface area contributed by atoms with Crippen LogP contribution in [0, 0.1) is 16.0 Å². The number of hydrogen-bond donors (Lipinski definition) is 1. The molecule has 36 heavy (non-hydrogen) atoms. The number of nitrogens with one attached hydrogen (secondary N) is 1. The normalized spacial score (nSPS) is 26.5. The first-order valence-electron chi connectivity index (χ1n) is 12.1. The number of Topliss-reactive ketones (excluding diaryl/α,β-unsaturated/α-hetero) is 1. The lowest BCUT2D eigenvalue weighted by atomic mass is 9.68. The molecule has 8 heteroatoms. The summed E-state index contributed by atoms with van der Waals surface area (Å²) in [7, 11) is 1.57. The third-order valence-electron chi connectivity index (χ3n) is 8.01. The van der Waals surface area contributed by atoms with Crippen molar-refractivity contribution in [1.29, 1.82) is 0 Å². The Morgan fingerprint density at radius 2 is 1.92 bits per heavy atom. The van der Waals surface area contributed by atoms with Crippen LogP contribution in [0.15, 0.2) is 72.8 Å². The molecule has 0 aliphatic carbocycles. The van der Waals surface area contributed by atoms with Gasteiger partial charge < -0.3 is 10.1 Å². The van der Waals surface area contributed by atoms with Gasteiger partial charge in [0.15, 0.2) is 5.78 Å². The van der Waals surface area contributed by atoms with Gasteiger partial charge in [0, 0.05) is 40.9 Å². The van der Waals surface area contributed by atoms with E-state index >= 15 is 0 Å². The number of carbonyl (C=O) groups is 2. The molecular weight excluding hydrogens is 458 g/mol. The Kier molecular flexibility index (Phi) is 5.15. The van der Waals surface area contributed by atoms with Crippen LogP contribution >= 0.6 is 0 Å². The lowest BCUT2D eigenvalue weighted by molar-refractivity contribution is -0.384. The van der Waals surface area contributed by atoms with E-state index in [1.165, 1.54) is 6.07 Å². The standard InChI is InChI=1S/C28H25N3O5/c1-36-20-12-13-22-21(16-20)28(27(33)29-22)25(26(32)17-7-3-2-4-8-17)24(23-11-6-14-30(23)28)18-9-5-10-19(15-18)31(34)35/h2-5,7-10,12-13,15-16,23-25H,6,11,14H2,1H3,(H,29,33)/t23?,24?,25?,28-/m1/s1. The van der Waals surface area contributed by atoms with E-state index in [0.717, 1.165) is 18.4 Å². The van der Waals surface area contributed by atoms with E-state index in [2.05, 4.69) is 10.2 Å². The van der Waals surface area contributed by atoms with Crippen molar-refractivity contribution in [3.8, 4) is 5.75 Å². The van der Waals surface area contributed by atoms with Gasteiger partial charge in [-0.3, -0.25) is 24.6 Å². The molecule has 1 N–H and O–H groups in total. The van der Waals surface area contributed by atoms with E-state index in [0.29, 0.717) is 29.1 Å². The highest BCUT2D eigenvalue weighted by atomic mass is 16.6. The molecule has 1 amide bonds. The summed E-state index contributed by atoms with van der Waals surface area (Å²) in [5.41, 5.74) is 1.34. The largest absolute Gasteiger partial charge is 0.497 e. The quantitative estimate of drug-likeness (QED) is 0.325. The maximum Gasteiger partial charge on any atom is 0.269 e. The summed E-state index contributed by atoms with van der Waals surface area (Å²) in [6.07, 6.45) is 1.66. The van der Waals surface area contributed by atoms with Crippen molar-refractivity contribution in [2.75, 3.05) is 19.0 Å². The molecule has 3 aliphatic heterocycles. The van der Waals surface area contributed by atoms with Crippen molar-refractivity contribution < 1.29 is 19.2 Å². The van der Waals surface area contributed by atoms with E-state index in [1.54, 1.807) is 37.4 Å². The number of amides is 1. The van der Waals surface area contributed by atoms with Crippen molar-refractivity contribution in [2.45, 2.75) is 30.3 Å². The lowest BCUT2D eigenvalue weighted by Crippen LogP contribution is -2.52. The van der Waals surface area contributed by atoms with E-state index < -0.39 is 22.3 Å². The molecule has 3 aromatic rings. The number of ketones is 1. The average molecular weight is 484 g/mol. The number of non-ortho nitro benzene ring substituents is 1.